The van der Waals surface area contributed by atoms with Crippen LogP contribution in [0.2, 0.25) is 0 Å². The number of hydrogen-bond acceptors (Lipinski definition) is 4. The van der Waals surface area contributed by atoms with E-state index in [2.05, 4.69) is 10.2 Å². The number of carbonyl (C=O) groups is 1. The van der Waals surface area contributed by atoms with Gasteiger partial charge in [0.1, 0.15) is 5.75 Å². The normalized spacial score (nSPS) is 23.6. The molecule has 1 unspecified atom stereocenters. The Morgan fingerprint density at radius 3 is 2.62 bits per heavy atom. The molecule has 0 aromatic heterocycles. The maximum absolute atomic E-state index is 13.6. The Kier molecular flexibility index (Phi) is 6.45. The van der Waals surface area contributed by atoms with E-state index < -0.39 is 23.2 Å². The number of amides is 1. The number of methoxy groups -OCH3 is 1. The quantitative estimate of drug-likeness (QED) is 0.609. The summed E-state index contributed by atoms with van der Waals surface area (Å²) in [6.45, 7) is 1.68. The molecule has 0 spiro atoms. The van der Waals surface area contributed by atoms with Crippen molar-refractivity contribution in [2.75, 3.05) is 26.5 Å². The molecule has 4 nitrogen and oxygen atoms in total. The lowest BCUT2D eigenvalue weighted by atomic mass is 9.80. The van der Waals surface area contributed by atoms with E-state index >= 15 is 0 Å². The van der Waals surface area contributed by atoms with Gasteiger partial charge < -0.3 is 10.1 Å². The van der Waals surface area contributed by atoms with E-state index in [0.717, 1.165) is 55.3 Å². The molecule has 2 atom stereocenters. The number of halogens is 3. The van der Waals surface area contributed by atoms with Crippen LogP contribution < -0.4 is 10.1 Å². The molecule has 0 aliphatic carbocycles. The first-order chi connectivity index (χ1) is 15.3. The highest BCUT2D eigenvalue weighted by Gasteiger charge is 2.44. The first-order valence-electron chi connectivity index (χ1n) is 10.7. The smallest absolute Gasteiger partial charge is 0.416 e. The summed E-state index contributed by atoms with van der Waals surface area (Å²) >= 11 is 1.10. The number of thioether (sulfide) groups is 1. The zero-order valence-electron chi connectivity index (χ0n) is 18.2. The van der Waals surface area contributed by atoms with Crippen molar-refractivity contribution >= 4 is 17.7 Å². The second-order valence-corrected chi connectivity index (χ2v) is 9.31. The summed E-state index contributed by atoms with van der Waals surface area (Å²) in [5, 5.41) is 3.23. The van der Waals surface area contributed by atoms with Crippen molar-refractivity contribution in [1.82, 2.24) is 10.2 Å². The van der Waals surface area contributed by atoms with E-state index in [1.165, 1.54) is 13.5 Å². The van der Waals surface area contributed by atoms with Gasteiger partial charge in [-0.2, -0.15) is 13.2 Å². The Balaban J connectivity index is 1.73. The van der Waals surface area contributed by atoms with E-state index in [0.29, 0.717) is 12.6 Å². The van der Waals surface area contributed by atoms with Gasteiger partial charge in [0.25, 0.3) is 5.91 Å². The molecule has 172 valence electrons. The van der Waals surface area contributed by atoms with Crippen LogP contribution >= 0.6 is 11.8 Å². The van der Waals surface area contributed by atoms with Crippen LogP contribution in [0.1, 0.15) is 47.2 Å². The lowest BCUT2D eigenvalue weighted by Crippen LogP contribution is -2.57. The average molecular weight is 465 g/mol. The number of alkyl halides is 3. The molecule has 2 saturated heterocycles. The summed E-state index contributed by atoms with van der Waals surface area (Å²) < 4.78 is 45.3. The molecule has 2 heterocycles. The summed E-state index contributed by atoms with van der Waals surface area (Å²) in [7, 11) is 1.29. The van der Waals surface area contributed by atoms with Crippen molar-refractivity contribution in [2.24, 2.45) is 0 Å². The molecule has 4 rings (SSSR count). The zero-order valence-corrected chi connectivity index (χ0v) is 19.0. The van der Waals surface area contributed by atoms with Crippen LogP contribution in [-0.2, 0) is 11.7 Å². The van der Waals surface area contributed by atoms with E-state index in [9.17, 15) is 18.0 Å². The van der Waals surface area contributed by atoms with Crippen molar-refractivity contribution in [3.05, 3.63) is 59.2 Å². The van der Waals surface area contributed by atoms with E-state index in [4.69, 9.17) is 4.74 Å². The van der Waals surface area contributed by atoms with Gasteiger partial charge in [-0.15, -0.1) is 11.8 Å². The van der Waals surface area contributed by atoms with Gasteiger partial charge in [-0.05, 0) is 56.2 Å². The lowest BCUT2D eigenvalue weighted by molar-refractivity contribution is -0.137. The van der Waals surface area contributed by atoms with Crippen molar-refractivity contribution in [2.45, 2.75) is 48.3 Å². The van der Waals surface area contributed by atoms with E-state index in [1.54, 1.807) is 6.26 Å². The van der Waals surface area contributed by atoms with Gasteiger partial charge in [0.05, 0.1) is 23.8 Å². The van der Waals surface area contributed by atoms with Gasteiger partial charge in [0.2, 0.25) is 0 Å². The molecule has 0 saturated carbocycles. The fourth-order valence-corrected chi connectivity index (χ4v) is 5.66. The molecule has 8 heteroatoms. The molecule has 32 heavy (non-hydrogen) atoms. The van der Waals surface area contributed by atoms with Gasteiger partial charge >= 0.3 is 6.18 Å². The van der Waals surface area contributed by atoms with Gasteiger partial charge in [-0.25, -0.2) is 0 Å². The number of nitrogens with one attached hydrogen (secondary N) is 1. The molecule has 0 bridgehead atoms. The van der Waals surface area contributed by atoms with Crippen molar-refractivity contribution in [3.8, 4) is 5.75 Å². The maximum Gasteiger partial charge on any atom is 0.416 e. The van der Waals surface area contributed by atoms with Crippen LogP contribution in [0.3, 0.4) is 0 Å². The zero-order chi connectivity index (χ0) is 22.9. The Morgan fingerprint density at radius 1 is 1.22 bits per heavy atom. The second-order valence-electron chi connectivity index (χ2n) is 8.46. The van der Waals surface area contributed by atoms with Crippen LogP contribution in [0.25, 0.3) is 0 Å². The summed E-state index contributed by atoms with van der Waals surface area (Å²) in [5.41, 5.74) is -0.282. The number of benzene rings is 2. The molecule has 0 radical (unpaired) electrons. The molecule has 1 amide bonds. The topological polar surface area (TPSA) is 41.6 Å². The third-order valence-electron chi connectivity index (χ3n) is 6.62. The van der Waals surface area contributed by atoms with Gasteiger partial charge in [0.15, 0.2) is 0 Å². The standard InChI is InChI=1S/C24H27F3N2O2S/c1-31-19-13-17(24(25,26)27)14-20(32-2)21(19)22(30)28-23(16-7-4-3-5-8-16)11-10-18-9-6-12-29(18)15-23/h3-5,7-8,13-14,18H,6,9-12,15H2,1-2H3,(H,28,30)/t18?,23-/m1/s1. The first kappa shape index (κ1) is 23.0. The minimum atomic E-state index is -4.52. The van der Waals surface area contributed by atoms with Gasteiger partial charge in [0, 0.05) is 17.5 Å². The van der Waals surface area contributed by atoms with Crippen LogP contribution in [0.5, 0.6) is 5.75 Å². The van der Waals surface area contributed by atoms with Crippen LogP contribution in [0.4, 0.5) is 13.2 Å². The SMILES string of the molecule is COc1cc(C(F)(F)F)cc(SC)c1C(=O)N[C@]1(c2ccccc2)CCC2CCCN2C1. The van der Waals surface area contributed by atoms with Crippen molar-refractivity contribution in [1.29, 1.82) is 0 Å². The molecule has 2 aliphatic heterocycles. The molecule has 1 N–H and O–H groups in total. The molecule has 2 aromatic carbocycles. The van der Waals surface area contributed by atoms with Crippen LogP contribution in [-0.4, -0.2) is 43.3 Å². The summed E-state index contributed by atoms with van der Waals surface area (Å²) in [5.74, 6) is -0.485. The van der Waals surface area contributed by atoms with E-state index in [-0.39, 0.29) is 16.2 Å². The number of hydrogen-bond donors (Lipinski definition) is 1. The second kappa shape index (κ2) is 8.98. The monoisotopic (exact) mass is 464 g/mol. The Hall–Kier alpha value is -2.19. The average Bonchev–Trinajstić information content (AvgIpc) is 3.25. The van der Waals surface area contributed by atoms with Crippen LogP contribution in [0.15, 0.2) is 47.4 Å². The predicted molar refractivity (Wildman–Crippen MR) is 119 cm³/mol. The first-order valence-corrected chi connectivity index (χ1v) is 12.0. The highest BCUT2D eigenvalue weighted by Crippen LogP contribution is 2.41. The number of carbonyl (C=O) groups excluding carboxylic acids is 1. The number of nitrogens with zero attached hydrogens (tertiary/aromatic N) is 1. The highest BCUT2D eigenvalue weighted by molar-refractivity contribution is 7.98. The number of fused-ring (bicyclic) bond motifs is 1. The lowest BCUT2D eigenvalue weighted by Gasteiger charge is -2.45. The number of piperidine rings is 1. The fourth-order valence-electron chi connectivity index (χ4n) is 5.02. The molecule has 2 aliphatic rings. The Bertz CT molecular complexity index is 958. The Labute approximate surface area is 190 Å². The number of ether oxygens (including phenoxy) is 1. The predicted octanol–water partition coefficient (Wildman–Crippen LogP) is 5.32. The molecule has 2 fully saturated rings. The van der Waals surface area contributed by atoms with E-state index in [1.807, 2.05) is 30.3 Å². The highest BCUT2D eigenvalue weighted by atomic mass is 32.2. The molecular formula is C24H27F3N2O2S. The minimum absolute atomic E-state index is 0.0697. The van der Waals surface area contributed by atoms with Gasteiger partial charge in [-0.3, -0.25) is 9.69 Å². The third kappa shape index (κ3) is 4.35. The maximum atomic E-state index is 13.6. The Morgan fingerprint density at radius 2 is 1.97 bits per heavy atom. The van der Waals surface area contributed by atoms with Gasteiger partial charge in [-0.1, -0.05) is 30.3 Å². The summed E-state index contributed by atoms with van der Waals surface area (Å²) in [6, 6.07) is 12.3. The van der Waals surface area contributed by atoms with Crippen molar-refractivity contribution < 1.29 is 22.7 Å². The summed E-state index contributed by atoms with van der Waals surface area (Å²) in [6.07, 6.45) is 1.20. The third-order valence-corrected chi connectivity index (χ3v) is 7.38. The minimum Gasteiger partial charge on any atom is -0.496 e. The van der Waals surface area contributed by atoms with Crippen molar-refractivity contribution in [3.63, 3.8) is 0 Å². The molecular weight excluding hydrogens is 437 g/mol. The summed E-state index contributed by atoms with van der Waals surface area (Å²) in [4.78, 5) is 16.3. The van der Waals surface area contributed by atoms with Crippen LogP contribution in [0, 0.1) is 0 Å². The number of rotatable bonds is 5. The molecule has 2 aromatic rings. The fraction of sp³-hybridized carbons (Fsp3) is 0.458. The largest absolute Gasteiger partial charge is 0.496 e.